The van der Waals surface area contributed by atoms with E-state index in [-0.39, 0.29) is 0 Å². The molecule has 0 spiro atoms. The highest BCUT2D eigenvalue weighted by Crippen LogP contribution is 2.36. The van der Waals surface area contributed by atoms with E-state index in [1.54, 1.807) is 17.6 Å². The summed E-state index contributed by atoms with van der Waals surface area (Å²) in [6, 6.07) is 2.01. The van der Waals surface area contributed by atoms with Crippen molar-refractivity contribution in [2.45, 2.75) is 20.8 Å². The number of furan rings is 1. The zero-order chi connectivity index (χ0) is 12.7. The van der Waals surface area contributed by atoms with Gasteiger partial charge in [0.2, 0.25) is 0 Å². The summed E-state index contributed by atoms with van der Waals surface area (Å²) in [5.41, 5.74) is 2.90. The molecular formula is C13H12N2O2S. The smallest absolute Gasteiger partial charge is 0.185 e. The van der Waals surface area contributed by atoms with Crippen molar-refractivity contribution in [3.63, 3.8) is 0 Å². The van der Waals surface area contributed by atoms with Crippen LogP contribution < -0.4 is 0 Å². The molecule has 0 saturated heterocycles. The van der Waals surface area contributed by atoms with Crippen LogP contribution in [0.15, 0.2) is 27.6 Å². The molecule has 0 aliphatic rings. The first-order valence-electron chi connectivity index (χ1n) is 5.58. The van der Waals surface area contributed by atoms with Gasteiger partial charge in [-0.05, 0) is 32.4 Å². The van der Waals surface area contributed by atoms with Crippen molar-refractivity contribution in [2.24, 2.45) is 0 Å². The van der Waals surface area contributed by atoms with E-state index < -0.39 is 0 Å². The summed E-state index contributed by atoms with van der Waals surface area (Å²) in [6.45, 7) is 5.88. The zero-order valence-corrected chi connectivity index (χ0v) is 11.2. The molecule has 0 aliphatic heterocycles. The molecule has 0 bridgehead atoms. The van der Waals surface area contributed by atoms with Crippen molar-refractivity contribution < 1.29 is 8.83 Å². The van der Waals surface area contributed by atoms with E-state index in [1.807, 2.05) is 26.8 Å². The summed E-state index contributed by atoms with van der Waals surface area (Å²) >= 11 is 1.56. The summed E-state index contributed by atoms with van der Waals surface area (Å²) in [7, 11) is 0. The van der Waals surface area contributed by atoms with Crippen LogP contribution in [-0.4, -0.2) is 9.97 Å². The van der Waals surface area contributed by atoms with Gasteiger partial charge < -0.3 is 8.83 Å². The van der Waals surface area contributed by atoms with E-state index in [0.717, 1.165) is 38.4 Å². The summed E-state index contributed by atoms with van der Waals surface area (Å²) in [5.74, 6) is 1.59. The molecule has 92 valence electrons. The molecule has 0 amide bonds. The molecule has 0 aromatic carbocycles. The molecule has 0 unspecified atom stereocenters. The number of thiazole rings is 1. The quantitative estimate of drug-likeness (QED) is 0.699. The molecule has 0 radical (unpaired) electrons. The Morgan fingerprint density at radius 2 is 1.94 bits per heavy atom. The van der Waals surface area contributed by atoms with Gasteiger partial charge in [-0.1, -0.05) is 0 Å². The molecule has 3 rings (SSSR count). The first kappa shape index (κ1) is 11.2. The lowest BCUT2D eigenvalue weighted by atomic mass is 10.3. The average Bonchev–Trinajstić information content (AvgIpc) is 2.99. The average molecular weight is 260 g/mol. The molecule has 0 atom stereocenters. The van der Waals surface area contributed by atoms with Gasteiger partial charge >= 0.3 is 0 Å². The number of hydrogen-bond donors (Lipinski definition) is 0. The fourth-order valence-corrected chi connectivity index (χ4v) is 2.85. The summed E-state index contributed by atoms with van der Waals surface area (Å²) in [6.07, 6.45) is 3.19. The lowest BCUT2D eigenvalue weighted by molar-refractivity contribution is 0.570. The minimum atomic E-state index is 0.734. The van der Waals surface area contributed by atoms with Gasteiger partial charge in [0, 0.05) is 0 Å². The molecule has 4 nitrogen and oxygen atoms in total. The van der Waals surface area contributed by atoms with Crippen LogP contribution in [-0.2, 0) is 0 Å². The molecular weight excluding hydrogens is 248 g/mol. The lowest BCUT2D eigenvalue weighted by Crippen LogP contribution is -1.78. The SMILES string of the molecule is Cc1coc(-c2sc(-c3ocnc3C)nc2C)c1. The summed E-state index contributed by atoms with van der Waals surface area (Å²) in [4.78, 5) is 9.65. The first-order chi connectivity index (χ1) is 8.65. The second kappa shape index (κ2) is 4.10. The lowest BCUT2D eigenvalue weighted by Gasteiger charge is -1.90. The number of aryl methyl sites for hydroxylation is 3. The van der Waals surface area contributed by atoms with Crippen molar-refractivity contribution in [3.8, 4) is 21.4 Å². The summed E-state index contributed by atoms with van der Waals surface area (Å²) in [5, 5.41) is 0.839. The van der Waals surface area contributed by atoms with Gasteiger partial charge in [-0.2, -0.15) is 0 Å². The van der Waals surface area contributed by atoms with Crippen molar-refractivity contribution in [2.75, 3.05) is 0 Å². The molecule has 3 aromatic heterocycles. The highest BCUT2D eigenvalue weighted by atomic mass is 32.1. The van der Waals surface area contributed by atoms with Crippen LogP contribution in [0.3, 0.4) is 0 Å². The molecule has 18 heavy (non-hydrogen) atoms. The number of aromatic nitrogens is 2. The largest absolute Gasteiger partial charge is 0.463 e. The topological polar surface area (TPSA) is 52.1 Å². The Morgan fingerprint density at radius 1 is 1.11 bits per heavy atom. The third-order valence-electron chi connectivity index (χ3n) is 2.69. The number of rotatable bonds is 2. The van der Waals surface area contributed by atoms with E-state index in [9.17, 15) is 0 Å². The normalized spacial score (nSPS) is 11.1. The predicted molar refractivity (Wildman–Crippen MR) is 69.5 cm³/mol. The van der Waals surface area contributed by atoms with Gasteiger partial charge in [-0.15, -0.1) is 11.3 Å². The first-order valence-corrected chi connectivity index (χ1v) is 6.40. The Bertz CT molecular complexity index is 693. The Balaban J connectivity index is 2.09. The van der Waals surface area contributed by atoms with Gasteiger partial charge in [-0.3, -0.25) is 0 Å². The maximum Gasteiger partial charge on any atom is 0.185 e. The minimum Gasteiger partial charge on any atom is -0.463 e. The molecule has 0 aliphatic carbocycles. The molecule has 0 N–H and O–H groups in total. The standard InChI is InChI=1S/C13H12N2O2S/c1-7-4-10(16-5-7)12-9(3)15-13(18-12)11-8(2)14-6-17-11/h4-6H,1-3H3. The van der Waals surface area contributed by atoms with E-state index >= 15 is 0 Å². The van der Waals surface area contributed by atoms with Crippen LogP contribution in [0.25, 0.3) is 21.4 Å². The Kier molecular flexibility index (Phi) is 2.56. The maximum atomic E-state index is 5.52. The van der Waals surface area contributed by atoms with Gasteiger partial charge in [0.05, 0.1) is 22.5 Å². The van der Waals surface area contributed by atoms with Gasteiger partial charge in [0.1, 0.15) is 5.76 Å². The maximum absolute atomic E-state index is 5.52. The number of nitrogens with zero attached hydrogens (tertiary/aromatic N) is 2. The van der Waals surface area contributed by atoms with Crippen LogP contribution in [0.1, 0.15) is 17.0 Å². The fourth-order valence-electron chi connectivity index (χ4n) is 1.78. The third-order valence-corrected chi connectivity index (χ3v) is 3.86. The Morgan fingerprint density at radius 3 is 2.56 bits per heavy atom. The number of hydrogen-bond acceptors (Lipinski definition) is 5. The molecule has 3 heterocycles. The van der Waals surface area contributed by atoms with Crippen LogP contribution in [0.4, 0.5) is 0 Å². The minimum absolute atomic E-state index is 0.734. The Labute approximate surface area is 108 Å². The molecule has 5 heteroatoms. The van der Waals surface area contributed by atoms with Crippen LogP contribution in [0, 0.1) is 20.8 Å². The summed E-state index contributed by atoms with van der Waals surface area (Å²) < 4.78 is 10.9. The van der Waals surface area contributed by atoms with E-state index in [0.29, 0.717) is 0 Å². The van der Waals surface area contributed by atoms with E-state index in [2.05, 4.69) is 9.97 Å². The van der Waals surface area contributed by atoms with E-state index in [4.69, 9.17) is 8.83 Å². The zero-order valence-electron chi connectivity index (χ0n) is 10.4. The monoisotopic (exact) mass is 260 g/mol. The predicted octanol–water partition coefficient (Wildman–Crippen LogP) is 3.98. The second-order valence-corrected chi connectivity index (χ2v) is 5.19. The van der Waals surface area contributed by atoms with E-state index in [1.165, 1.54) is 6.39 Å². The van der Waals surface area contributed by atoms with Gasteiger partial charge in [0.15, 0.2) is 17.2 Å². The van der Waals surface area contributed by atoms with Crippen LogP contribution in [0.5, 0.6) is 0 Å². The second-order valence-electron chi connectivity index (χ2n) is 4.19. The highest BCUT2D eigenvalue weighted by Gasteiger charge is 2.17. The highest BCUT2D eigenvalue weighted by molar-refractivity contribution is 7.18. The van der Waals surface area contributed by atoms with Crippen LogP contribution >= 0.6 is 11.3 Å². The fraction of sp³-hybridized carbons (Fsp3) is 0.231. The molecule has 0 saturated carbocycles. The third kappa shape index (κ3) is 1.76. The molecule has 3 aromatic rings. The molecule has 0 fully saturated rings. The van der Waals surface area contributed by atoms with Crippen molar-refractivity contribution in [1.29, 1.82) is 0 Å². The number of oxazole rings is 1. The van der Waals surface area contributed by atoms with Gasteiger partial charge in [-0.25, -0.2) is 9.97 Å². The van der Waals surface area contributed by atoms with Crippen molar-refractivity contribution in [3.05, 3.63) is 35.7 Å². The van der Waals surface area contributed by atoms with Crippen molar-refractivity contribution in [1.82, 2.24) is 9.97 Å². The Hall–Kier alpha value is -1.88. The van der Waals surface area contributed by atoms with Crippen LogP contribution in [0.2, 0.25) is 0 Å². The van der Waals surface area contributed by atoms with Gasteiger partial charge in [0.25, 0.3) is 0 Å². The van der Waals surface area contributed by atoms with Crippen molar-refractivity contribution >= 4 is 11.3 Å².